The summed E-state index contributed by atoms with van der Waals surface area (Å²) >= 11 is 0. The third kappa shape index (κ3) is 18.1. The molecule has 0 unspecified atom stereocenters. The minimum atomic E-state index is 0.653. The maximum absolute atomic E-state index is 4.50. The van der Waals surface area contributed by atoms with Gasteiger partial charge in [-0.3, -0.25) is 0 Å². The summed E-state index contributed by atoms with van der Waals surface area (Å²) in [5, 5.41) is 3.30. The first-order chi connectivity index (χ1) is 4.27. The molecule has 0 aliphatic carbocycles. The van der Waals surface area contributed by atoms with E-state index in [2.05, 4.69) is 31.8 Å². The summed E-state index contributed by atoms with van der Waals surface area (Å²) in [5.74, 6) is 0. The molecule has 9 heavy (non-hydrogen) atoms. The molecule has 0 radical (unpaired) electrons. The highest BCUT2D eigenvalue weighted by Gasteiger charge is 1.85. The zero-order valence-corrected chi connectivity index (χ0v) is 7.07. The second-order valence-corrected chi connectivity index (χ2v) is 2.11. The van der Waals surface area contributed by atoms with Crippen molar-refractivity contribution in [3.63, 3.8) is 0 Å². The summed E-state index contributed by atoms with van der Waals surface area (Å²) in [7, 11) is 1.50. The Morgan fingerprint density at radius 3 is 1.89 bits per heavy atom. The smallest absolute Gasteiger partial charge is 0.00103 e. The Hall–Kier alpha value is -0.0800. The third-order valence-corrected chi connectivity index (χ3v) is 0.803. The molecule has 0 atom stereocenters. The van der Waals surface area contributed by atoms with E-state index in [0.29, 0.717) is 6.04 Å². The molecule has 0 fully saturated rings. The van der Waals surface area contributed by atoms with Gasteiger partial charge in [-0.05, 0) is 20.0 Å². The van der Waals surface area contributed by atoms with Gasteiger partial charge in [-0.15, -0.1) is 0 Å². The monoisotopic (exact) mass is 132 g/mol. The van der Waals surface area contributed by atoms with Crippen LogP contribution in [0.2, 0.25) is 0 Å². The number of nitrogens with one attached hydrogen (secondary N) is 1. The maximum atomic E-state index is 4.50. The normalized spacial score (nSPS) is 8.67. The lowest BCUT2D eigenvalue weighted by atomic mass is 10.4. The van der Waals surface area contributed by atoms with Gasteiger partial charge in [0.25, 0.3) is 0 Å². The number of nitrogens with two attached hydrogens (primary N) is 1. The second kappa shape index (κ2) is 10.8. The first-order valence-corrected chi connectivity index (χ1v) is 3.58. The van der Waals surface area contributed by atoms with Gasteiger partial charge in [-0.25, -0.2) is 0 Å². The minimum absolute atomic E-state index is 0.653. The van der Waals surface area contributed by atoms with E-state index in [1.807, 2.05) is 0 Å². The molecule has 0 saturated carbocycles. The summed E-state index contributed by atoms with van der Waals surface area (Å²) in [6.07, 6.45) is 1.23. The number of rotatable bonds is 3. The van der Waals surface area contributed by atoms with Crippen molar-refractivity contribution < 1.29 is 0 Å². The van der Waals surface area contributed by atoms with Crippen LogP contribution in [-0.4, -0.2) is 19.6 Å². The molecule has 0 rings (SSSR count). The van der Waals surface area contributed by atoms with Gasteiger partial charge in [-0.2, -0.15) is 0 Å². The van der Waals surface area contributed by atoms with Crippen molar-refractivity contribution in [2.24, 2.45) is 5.73 Å². The Bertz CT molecular complexity index is 35.9. The molecule has 0 aliphatic rings. The molecule has 0 bridgehead atoms. The second-order valence-electron chi connectivity index (χ2n) is 2.11. The highest BCUT2D eigenvalue weighted by Crippen LogP contribution is 1.76. The summed E-state index contributed by atoms with van der Waals surface area (Å²) in [4.78, 5) is 0. The molecule has 0 aromatic rings. The van der Waals surface area contributed by atoms with E-state index >= 15 is 0 Å². The van der Waals surface area contributed by atoms with Crippen molar-refractivity contribution in [2.45, 2.75) is 33.2 Å². The van der Waals surface area contributed by atoms with Crippen LogP contribution in [0.4, 0.5) is 0 Å². The fraction of sp³-hybridized carbons (Fsp3) is 1.00. The van der Waals surface area contributed by atoms with Crippen LogP contribution in [0.25, 0.3) is 0 Å². The highest BCUT2D eigenvalue weighted by molar-refractivity contribution is 4.48. The lowest BCUT2D eigenvalue weighted by Gasteiger charge is -2.03. The minimum Gasteiger partial charge on any atom is -0.333 e. The molecule has 3 N–H and O–H groups in total. The summed E-state index contributed by atoms with van der Waals surface area (Å²) < 4.78 is 0. The largest absolute Gasteiger partial charge is 0.333 e. The van der Waals surface area contributed by atoms with E-state index < -0.39 is 0 Å². The van der Waals surface area contributed by atoms with E-state index in [-0.39, 0.29) is 0 Å². The van der Waals surface area contributed by atoms with E-state index in [9.17, 15) is 0 Å². The summed E-state index contributed by atoms with van der Waals surface area (Å²) in [6, 6.07) is 0.653. The summed E-state index contributed by atoms with van der Waals surface area (Å²) in [5.41, 5.74) is 4.50. The molecule has 0 amide bonds. The molecule has 2 nitrogen and oxygen atoms in total. The predicted octanol–water partition coefficient (Wildman–Crippen LogP) is 0.969. The van der Waals surface area contributed by atoms with Crippen LogP contribution in [-0.2, 0) is 0 Å². The summed E-state index contributed by atoms with van der Waals surface area (Å²) in [6.45, 7) is 7.65. The van der Waals surface area contributed by atoms with Gasteiger partial charge in [0.2, 0.25) is 0 Å². The highest BCUT2D eigenvalue weighted by atomic mass is 14.9. The molecular formula is C7H20N2. The van der Waals surface area contributed by atoms with Crippen LogP contribution in [0, 0.1) is 0 Å². The fourth-order valence-electron chi connectivity index (χ4n) is 0.433. The van der Waals surface area contributed by atoms with Crippen LogP contribution in [0.3, 0.4) is 0 Å². The fourth-order valence-corrected chi connectivity index (χ4v) is 0.433. The Morgan fingerprint density at radius 2 is 1.78 bits per heavy atom. The molecule has 0 saturated heterocycles. The molecule has 2 heteroatoms. The Kier molecular flexibility index (Phi) is 14.0. The van der Waals surface area contributed by atoms with Crippen LogP contribution < -0.4 is 11.1 Å². The van der Waals surface area contributed by atoms with Crippen molar-refractivity contribution in [3.05, 3.63) is 0 Å². The average molecular weight is 132 g/mol. The molecule has 58 valence electrons. The molecule has 0 aliphatic heterocycles. The number of hydrogen-bond donors (Lipinski definition) is 2. The zero-order chi connectivity index (χ0) is 7.70. The van der Waals surface area contributed by atoms with Crippen LogP contribution in [0.15, 0.2) is 0 Å². The third-order valence-electron chi connectivity index (χ3n) is 0.803. The predicted molar refractivity (Wildman–Crippen MR) is 43.5 cm³/mol. The molecular weight excluding hydrogens is 112 g/mol. The van der Waals surface area contributed by atoms with Gasteiger partial charge in [0.1, 0.15) is 0 Å². The SMILES string of the molecule is CCCNC(C)C.CN. The molecule has 0 aromatic heterocycles. The number of hydrogen-bond acceptors (Lipinski definition) is 2. The standard InChI is InChI=1S/C6H15N.CH5N/c1-4-5-7-6(2)3;1-2/h6-7H,4-5H2,1-3H3;2H2,1H3. The van der Waals surface area contributed by atoms with Crippen molar-refractivity contribution in [1.29, 1.82) is 0 Å². The lowest BCUT2D eigenvalue weighted by molar-refractivity contribution is 0.584. The van der Waals surface area contributed by atoms with Crippen molar-refractivity contribution in [3.8, 4) is 0 Å². The van der Waals surface area contributed by atoms with Crippen LogP contribution in [0.1, 0.15) is 27.2 Å². The van der Waals surface area contributed by atoms with Gasteiger partial charge >= 0.3 is 0 Å². The van der Waals surface area contributed by atoms with E-state index in [1.54, 1.807) is 0 Å². The van der Waals surface area contributed by atoms with Crippen LogP contribution in [0.5, 0.6) is 0 Å². The Balaban J connectivity index is 0. The van der Waals surface area contributed by atoms with E-state index in [4.69, 9.17) is 0 Å². The van der Waals surface area contributed by atoms with Gasteiger partial charge in [0, 0.05) is 6.04 Å². The van der Waals surface area contributed by atoms with E-state index in [1.165, 1.54) is 13.5 Å². The van der Waals surface area contributed by atoms with Gasteiger partial charge in [-0.1, -0.05) is 20.8 Å². The Morgan fingerprint density at radius 1 is 1.33 bits per heavy atom. The van der Waals surface area contributed by atoms with Gasteiger partial charge in [0.05, 0.1) is 0 Å². The van der Waals surface area contributed by atoms with Crippen molar-refractivity contribution in [1.82, 2.24) is 5.32 Å². The molecule has 0 heterocycles. The first-order valence-electron chi connectivity index (χ1n) is 3.58. The van der Waals surface area contributed by atoms with Gasteiger partial charge < -0.3 is 11.1 Å². The van der Waals surface area contributed by atoms with Crippen LogP contribution >= 0.6 is 0 Å². The van der Waals surface area contributed by atoms with Crippen molar-refractivity contribution >= 4 is 0 Å². The topological polar surface area (TPSA) is 38.0 Å². The maximum Gasteiger partial charge on any atom is 0.00103 e. The van der Waals surface area contributed by atoms with Crippen molar-refractivity contribution in [2.75, 3.05) is 13.6 Å². The first kappa shape index (κ1) is 11.7. The van der Waals surface area contributed by atoms with Gasteiger partial charge in [0.15, 0.2) is 0 Å². The zero-order valence-electron chi connectivity index (χ0n) is 7.07. The molecule has 0 spiro atoms. The average Bonchev–Trinajstić information content (AvgIpc) is 1.88. The quantitative estimate of drug-likeness (QED) is 0.600. The van der Waals surface area contributed by atoms with E-state index in [0.717, 1.165) is 6.54 Å². The Labute approximate surface area is 58.8 Å². The lowest BCUT2D eigenvalue weighted by Crippen LogP contribution is -2.22. The molecule has 0 aromatic carbocycles.